The largest absolute Gasteiger partial charge is 4.00 e. The van der Waals surface area contributed by atoms with Crippen LogP contribution in [0.4, 0.5) is 0 Å². The zero-order chi connectivity index (χ0) is 7.15. The van der Waals surface area contributed by atoms with Crippen LogP contribution in [0.25, 0.3) is 0 Å². The van der Waals surface area contributed by atoms with Gasteiger partial charge in [-0.2, -0.15) is 0 Å². The summed E-state index contributed by atoms with van der Waals surface area (Å²) >= 11 is 0. The maximum atomic E-state index is 5.11. The first-order valence-electron chi connectivity index (χ1n) is 2.98. The van der Waals surface area contributed by atoms with Crippen LogP contribution in [0, 0.1) is 0 Å². The molecule has 0 bridgehead atoms. The summed E-state index contributed by atoms with van der Waals surface area (Å²) in [5, 5.41) is 0. The Labute approximate surface area is 72.6 Å². The summed E-state index contributed by atoms with van der Waals surface area (Å²) < 4.78 is 0. The van der Waals surface area contributed by atoms with Crippen LogP contribution in [0.1, 0.15) is 27.7 Å². The van der Waals surface area contributed by atoms with Crippen molar-refractivity contribution in [3.8, 4) is 0 Å². The molecule has 0 unspecified atom stereocenters. The molecule has 0 rings (SSSR count). The van der Waals surface area contributed by atoms with Gasteiger partial charge in [0.2, 0.25) is 0 Å². The van der Waals surface area contributed by atoms with Crippen LogP contribution >= 0.6 is 0 Å². The molecule has 3 heteroatoms. The van der Waals surface area contributed by atoms with Crippen molar-refractivity contribution in [2.24, 2.45) is 11.5 Å². The van der Waals surface area contributed by atoms with Crippen molar-refractivity contribution in [2.75, 3.05) is 0 Å². The Morgan fingerprint density at radius 3 is 0.778 bits per heavy atom. The van der Waals surface area contributed by atoms with E-state index in [9.17, 15) is 0 Å². The van der Waals surface area contributed by atoms with E-state index in [0.717, 1.165) is 0 Å². The Bertz CT molecular complexity index is 26.5. The van der Waals surface area contributed by atoms with Gasteiger partial charge in [0.1, 0.15) is 0 Å². The van der Waals surface area contributed by atoms with Gasteiger partial charge in [0, 0.05) is 0 Å². The molecule has 0 atom stereocenters. The van der Waals surface area contributed by atoms with E-state index in [1.54, 1.807) is 0 Å². The van der Waals surface area contributed by atoms with E-state index in [-0.39, 0.29) is 21.1 Å². The van der Waals surface area contributed by atoms with Crippen LogP contribution in [0.3, 0.4) is 0 Å². The van der Waals surface area contributed by atoms with Crippen molar-refractivity contribution < 1.29 is 21.1 Å². The molecule has 0 radical (unpaired) electrons. The normalized spacial score (nSPS) is 8.00. The zero-order valence-electron chi connectivity index (χ0n) is 6.63. The third-order valence-corrected chi connectivity index (χ3v) is 0. The molecule has 4 N–H and O–H groups in total. The Hall–Kier alpha value is 0.608. The van der Waals surface area contributed by atoms with Crippen molar-refractivity contribution in [3.05, 3.63) is 0 Å². The predicted molar refractivity (Wildman–Crippen MR) is 38.6 cm³/mol. The molecule has 0 spiro atoms. The van der Waals surface area contributed by atoms with E-state index in [0.29, 0.717) is 12.1 Å². The molecule has 2 nitrogen and oxygen atoms in total. The van der Waals surface area contributed by atoms with E-state index in [4.69, 9.17) is 11.5 Å². The first kappa shape index (κ1) is 16.3. The van der Waals surface area contributed by atoms with E-state index in [1.807, 2.05) is 27.7 Å². The molecule has 0 aliphatic heterocycles. The van der Waals surface area contributed by atoms with Gasteiger partial charge in [-0.3, -0.25) is 0 Å². The molecular weight excluding hydrogens is 295 g/mol. The summed E-state index contributed by atoms with van der Waals surface area (Å²) in [6.45, 7) is 7.78. The number of nitrogens with two attached hydrogens (primary N) is 2. The average Bonchev–Trinajstić information content (AvgIpc) is 1.25. The van der Waals surface area contributed by atoms with Crippen molar-refractivity contribution >= 4 is 0 Å². The third kappa shape index (κ3) is 1020. The molecule has 0 aliphatic carbocycles. The summed E-state index contributed by atoms with van der Waals surface area (Å²) in [5.74, 6) is 0. The van der Waals surface area contributed by atoms with Gasteiger partial charge in [-0.05, 0) is 12.1 Å². The fraction of sp³-hybridized carbons (Fsp3) is 1.00. The number of hydrogen-bond donors (Lipinski definition) is 2. The molecule has 0 aromatic heterocycles. The van der Waals surface area contributed by atoms with Crippen molar-refractivity contribution in [3.63, 3.8) is 0 Å². The van der Waals surface area contributed by atoms with Crippen LogP contribution in [0.5, 0.6) is 0 Å². The smallest absolute Gasteiger partial charge is 0.328 e. The van der Waals surface area contributed by atoms with Gasteiger partial charge in [-0.1, -0.05) is 27.7 Å². The van der Waals surface area contributed by atoms with Gasteiger partial charge in [0.25, 0.3) is 0 Å². The average molecular weight is 313 g/mol. The van der Waals surface area contributed by atoms with Crippen LogP contribution in [-0.2, 0) is 21.1 Å². The summed E-state index contributed by atoms with van der Waals surface area (Å²) in [5.41, 5.74) is 10.2. The zero-order valence-corrected chi connectivity index (χ0v) is 8.90. The molecule has 0 saturated heterocycles. The SMILES string of the molecule is CC(C)N.CC(C)N.[Pt+4]. The fourth-order valence-electron chi connectivity index (χ4n) is 0. The molecule has 0 aromatic carbocycles. The minimum atomic E-state index is 0. The molecule has 9 heavy (non-hydrogen) atoms. The molecule has 0 aromatic rings. The van der Waals surface area contributed by atoms with Crippen LogP contribution in [0.2, 0.25) is 0 Å². The molecule has 0 aliphatic rings. The maximum absolute atomic E-state index is 5.11. The fourth-order valence-corrected chi connectivity index (χ4v) is 0. The quantitative estimate of drug-likeness (QED) is 0.692. The van der Waals surface area contributed by atoms with Gasteiger partial charge in [-0.15, -0.1) is 0 Å². The molecule has 0 heterocycles. The van der Waals surface area contributed by atoms with Crippen molar-refractivity contribution in [2.45, 2.75) is 39.8 Å². The first-order valence-corrected chi connectivity index (χ1v) is 2.98. The molecule has 58 valence electrons. The molecular formula is C6H18N2Pt+4. The Kier molecular flexibility index (Phi) is 20.7. The topological polar surface area (TPSA) is 52.0 Å². The Balaban J connectivity index is -0.0000000720. The van der Waals surface area contributed by atoms with E-state index in [1.165, 1.54) is 0 Å². The summed E-state index contributed by atoms with van der Waals surface area (Å²) in [4.78, 5) is 0. The minimum absolute atomic E-state index is 0. The Morgan fingerprint density at radius 1 is 0.778 bits per heavy atom. The van der Waals surface area contributed by atoms with Crippen LogP contribution in [0.15, 0.2) is 0 Å². The van der Waals surface area contributed by atoms with Gasteiger partial charge in [-0.25, -0.2) is 0 Å². The van der Waals surface area contributed by atoms with Gasteiger partial charge >= 0.3 is 21.1 Å². The van der Waals surface area contributed by atoms with Crippen LogP contribution in [-0.4, -0.2) is 12.1 Å². The Morgan fingerprint density at radius 2 is 0.778 bits per heavy atom. The standard InChI is InChI=1S/2C3H9N.Pt/c2*1-3(2)4;/h2*3H,4H2,1-2H3;/q;;+4. The number of hydrogen-bond acceptors (Lipinski definition) is 2. The third-order valence-electron chi connectivity index (χ3n) is 0. The van der Waals surface area contributed by atoms with E-state index < -0.39 is 0 Å². The maximum Gasteiger partial charge on any atom is 4.00 e. The van der Waals surface area contributed by atoms with Crippen LogP contribution < -0.4 is 11.5 Å². The summed E-state index contributed by atoms with van der Waals surface area (Å²) in [6, 6.07) is 0.667. The second-order valence-corrected chi connectivity index (χ2v) is 2.49. The van der Waals surface area contributed by atoms with Gasteiger partial charge in [0.05, 0.1) is 0 Å². The van der Waals surface area contributed by atoms with E-state index >= 15 is 0 Å². The molecule has 0 saturated carbocycles. The molecule has 0 fully saturated rings. The van der Waals surface area contributed by atoms with Gasteiger partial charge < -0.3 is 11.5 Å². The summed E-state index contributed by atoms with van der Waals surface area (Å²) in [6.07, 6.45) is 0. The minimum Gasteiger partial charge on any atom is -0.328 e. The first-order chi connectivity index (χ1) is 3.46. The van der Waals surface area contributed by atoms with E-state index in [2.05, 4.69) is 0 Å². The summed E-state index contributed by atoms with van der Waals surface area (Å²) in [7, 11) is 0. The second kappa shape index (κ2) is 11.4. The predicted octanol–water partition coefficient (Wildman–Crippen LogP) is 0.705. The van der Waals surface area contributed by atoms with Crippen molar-refractivity contribution in [1.82, 2.24) is 0 Å². The monoisotopic (exact) mass is 313 g/mol. The molecule has 0 amide bonds. The number of rotatable bonds is 0. The van der Waals surface area contributed by atoms with Gasteiger partial charge in [0.15, 0.2) is 0 Å². The second-order valence-electron chi connectivity index (χ2n) is 2.49. The van der Waals surface area contributed by atoms with Crippen molar-refractivity contribution in [1.29, 1.82) is 0 Å².